The number of anilines is 1. The molecule has 0 atom stereocenters. The molecule has 7 heteroatoms. The quantitative estimate of drug-likeness (QED) is 0.537. The number of fused-ring (bicyclic) bond motifs is 1. The highest BCUT2D eigenvalue weighted by atomic mass is 16.5. The Morgan fingerprint density at radius 2 is 1.89 bits per heavy atom. The monoisotopic (exact) mass is 376 g/mol. The summed E-state index contributed by atoms with van der Waals surface area (Å²) < 4.78 is 12.8. The van der Waals surface area contributed by atoms with Crippen LogP contribution in [0.1, 0.15) is 0 Å². The van der Waals surface area contributed by atoms with Gasteiger partial charge in [0.15, 0.2) is 5.65 Å². The summed E-state index contributed by atoms with van der Waals surface area (Å²) in [6.45, 7) is 0.195. The van der Waals surface area contributed by atoms with Crippen molar-refractivity contribution in [1.29, 1.82) is 0 Å². The van der Waals surface area contributed by atoms with E-state index < -0.39 is 0 Å². The minimum absolute atomic E-state index is 0.0412. The Morgan fingerprint density at radius 3 is 2.71 bits per heavy atom. The molecule has 2 heterocycles. The number of aromatic nitrogens is 3. The van der Waals surface area contributed by atoms with Gasteiger partial charge in [0.2, 0.25) is 0 Å². The second-order valence-electron chi connectivity index (χ2n) is 6.17. The number of aliphatic hydroxyl groups excluding tert-OH is 1. The lowest BCUT2D eigenvalue weighted by Crippen LogP contribution is -2.02. The summed E-state index contributed by atoms with van der Waals surface area (Å²) in [6.07, 6.45) is 3.44. The Kier molecular flexibility index (Phi) is 4.82. The molecule has 0 aliphatic rings. The lowest BCUT2D eigenvalue weighted by atomic mass is 10.1. The molecule has 2 aromatic heterocycles. The van der Waals surface area contributed by atoms with Crippen LogP contribution in [0.3, 0.4) is 0 Å². The first kappa shape index (κ1) is 17.8. The van der Waals surface area contributed by atoms with Gasteiger partial charge in [0.05, 0.1) is 24.8 Å². The number of nitrogens with two attached hydrogens (primary N) is 1. The van der Waals surface area contributed by atoms with Crippen molar-refractivity contribution in [2.75, 3.05) is 26.1 Å². The van der Waals surface area contributed by atoms with Crippen molar-refractivity contribution in [3.8, 4) is 28.3 Å². The Bertz CT molecular complexity index is 1120. The summed E-state index contributed by atoms with van der Waals surface area (Å²) in [5.41, 5.74) is 9.64. The van der Waals surface area contributed by atoms with Crippen LogP contribution in [0.15, 0.2) is 61.1 Å². The maximum Gasteiger partial charge on any atom is 0.150 e. The molecule has 7 nitrogen and oxygen atoms in total. The summed E-state index contributed by atoms with van der Waals surface area (Å²) >= 11 is 0. The number of ether oxygens (including phenoxy) is 2. The maximum absolute atomic E-state index is 8.99. The summed E-state index contributed by atoms with van der Waals surface area (Å²) in [7, 11) is 1.64. The number of nitrogens with zero attached hydrogens (tertiary/aromatic N) is 3. The van der Waals surface area contributed by atoms with Crippen molar-refractivity contribution >= 4 is 16.9 Å². The summed E-state index contributed by atoms with van der Waals surface area (Å²) in [4.78, 5) is 8.63. The number of rotatable bonds is 6. The normalized spacial score (nSPS) is 10.9. The number of benzene rings is 2. The van der Waals surface area contributed by atoms with Gasteiger partial charge in [0.1, 0.15) is 30.3 Å². The molecule has 2 aromatic carbocycles. The SMILES string of the molecule is COc1cccc(-c2cn(-c3cccc(OCCO)c3)c3ncnc(N)c23)c1. The van der Waals surface area contributed by atoms with E-state index in [4.69, 9.17) is 20.3 Å². The van der Waals surface area contributed by atoms with Crippen LogP contribution in [0.25, 0.3) is 27.8 Å². The van der Waals surface area contributed by atoms with Crippen molar-refractivity contribution in [3.63, 3.8) is 0 Å². The first-order valence-electron chi connectivity index (χ1n) is 8.81. The molecule has 0 aliphatic carbocycles. The van der Waals surface area contributed by atoms with E-state index in [1.807, 2.05) is 59.3 Å². The van der Waals surface area contributed by atoms with Gasteiger partial charge in [-0.2, -0.15) is 0 Å². The van der Waals surface area contributed by atoms with Gasteiger partial charge in [-0.25, -0.2) is 9.97 Å². The Hall–Kier alpha value is -3.58. The predicted octanol–water partition coefficient (Wildman–Crippen LogP) is 3.05. The molecule has 0 bridgehead atoms. The van der Waals surface area contributed by atoms with Crippen LogP contribution in [-0.2, 0) is 0 Å². The number of hydrogen-bond donors (Lipinski definition) is 2. The molecule has 142 valence electrons. The molecule has 0 saturated carbocycles. The zero-order valence-electron chi connectivity index (χ0n) is 15.4. The van der Waals surface area contributed by atoms with Crippen LogP contribution in [0.2, 0.25) is 0 Å². The van der Waals surface area contributed by atoms with Gasteiger partial charge in [-0.1, -0.05) is 18.2 Å². The average Bonchev–Trinajstić information content (AvgIpc) is 3.13. The molecule has 3 N–H and O–H groups in total. The molecule has 0 fully saturated rings. The van der Waals surface area contributed by atoms with E-state index in [2.05, 4.69) is 9.97 Å². The third-order valence-corrected chi connectivity index (χ3v) is 4.45. The summed E-state index contributed by atoms with van der Waals surface area (Å²) in [6, 6.07) is 15.4. The highest BCUT2D eigenvalue weighted by molar-refractivity contribution is 6.01. The number of hydrogen-bond acceptors (Lipinski definition) is 6. The zero-order valence-corrected chi connectivity index (χ0v) is 15.4. The maximum atomic E-state index is 8.99. The average molecular weight is 376 g/mol. The first-order valence-corrected chi connectivity index (χ1v) is 8.81. The van der Waals surface area contributed by atoms with E-state index in [1.165, 1.54) is 6.33 Å². The Labute approximate surface area is 162 Å². The van der Waals surface area contributed by atoms with Crippen molar-refractivity contribution < 1.29 is 14.6 Å². The van der Waals surface area contributed by atoms with Crippen LogP contribution in [0, 0.1) is 0 Å². The molecular formula is C21H20N4O3. The van der Waals surface area contributed by atoms with Gasteiger partial charge in [-0.05, 0) is 29.8 Å². The zero-order chi connectivity index (χ0) is 19.5. The summed E-state index contributed by atoms with van der Waals surface area (Å²) in [5.74, 6) is 1.83. The van der Waals surface area contributed by atoms with E-state index in [-0.39, 0.29) is 13.2 Å². The fourth-order valence-electron chi connectivity index (χ4n) is 3.18. The highest BCUT2D eigenvalue weighted by Gasteiger charge is 2.16. The molecular weight excluding hydrogens is 356 g/mol. The van der Waals surface area contributed by atoms with Crippen molar-refractivity contribution in [2.24, 2.45) is 0 Å². The molecule has 0 amide bonds. The Morgan fingerprint density at radius 1 is 1.07 bits per heavy atom. The molecule has 0 aliphatic heterocycles. The summed E-state index contributed by atoms with van der Waals surface area (Å²) in [5, 5.41) is 9.76. The van der Waals surface area contributed by atoms with Crippen LogP contribution in [0.5, 0.6) is 11.5 Å². The van der Waals surface area contributed by atoms with E-state index in [9.17, 15) is 0 Å². The fraction of sp³-hybridized carbons (Fsp3) is 0.143. The van der Waals surface area contributed by atoms with Gasteiger partial charge in [0.25, 0.3) is 0 Å². The van der Waals surface area contributed by atoms with Crippen LogP contribution in [-0.4, -0.2) is 40.0 Å². The van der Waals surface area contributed by atoms with Gasteiger partial charge in [-0.3, -0.25) is 0 Å². The molecule has 0 unspecified atom stereocenters. The van der Waals surface area contributed by atoms with Gasteiger partial charge >= 0.3 is 0 Å². The third-order valence-electron chi connectivity index (χ3n) is 4.45. The molecule has 28 heavy (non-hydrogen) atoms. The molecule has 0 saturated heterocycles. The highest BCUT2D eigenvalue weighted by Crippen LogP contribution is 2.35. The van der Waals surface area contributed by atoms with Crippen LogP contribution in [0.4, 0.5) is 5.82 Å². The predicted molar refractivity (Wildman–Crippen MR) is 108 cm³/mol. The smallest absolute Gasteiger partial charge is 0.150 e. The fourth-order valence-corrected chi connectivity index (χ4v) is 3.18. The van der Waals surface area contributed by atoms with Crippen LogP contribution >= 0.6 is 0 Å². The van der Waals surface area contributed by atoms with Gasteiger partial charge in [-0.15, -0.1) is 0 Å². The van der Waals surface area contributed by atoms with Gasteiger partial charge in [0, 0.05) is 17.8 Å². The van der Waals surface area contributed by atoms with Crippen LogP contribution < -0.4 is 15.2 Å². The van der Waals surface area contributed by atoms with E-state index in [0.29, 0.717) is 17.2 Å². The number of nitrogen functional groups attached to an aromatic ring is 1. The van der Waals surface area contributed by atoms with E-state index in [0.717, 1.165) is 28.0 Å². The molecule has 0 spiro atoms. The minimum Gasteiger partial charge on any atom is -0.497 e. The second kappa shape index (κ2) is 7.58. The lowest BCUT2D eigenvalue weighted by Gasteiger charge is -2.08. The minimum atomic E-state index is -0.0412. The third kappa shape index (κ3) is 3.23. The Balaban J connectivity index is 1.90. The molecule has 4 rings (SSSR count). The first-order chi connectivity index (χ1) is 13.7. The standard InChI is InChI=1S/C21H20N4O3/c1-27-16-6-2-4-14(10-16)18-12-25(21-19(18)20(22)23-13-24-21)15-5-3-7-17(11-15)28-9-8-26/h2-7,10-13,26H,8-9H2,1H3,(H2,22,23,24). The van der Waals surface area contributed by atoms with Crippen molar-refractivity contribution in [1.82, 2.24) is 14.5 Å². The molecule has 0 radical (unpaired) electrons. The lowest BCUT2D eigenvalue weighted by molar-refractivity contribution is 0.201. The van der Waals surface area contributed by atoms with E-state index in [1.54, 1.807) is 7.11 Å². The topological polar surface area (TPSA) is 95.4 Å². The largest absolute Gasteiger partial charge is 0.497 e. The number of methoxy groups -OCH3 is 1. The van der Waals surface area contributed by atoms with Crippen molar-refractivity contribution in [2.45, 2.75) is 0 Å². The van der Waals surface area contributed by atoms with E-state index >= 15 is 0 Å². The van der Waals surface area contributed by atoms with Gasteiger partial charge < -0.3 is 24.9 Å². The van der Waals surface area contributed by atoms with Crippen molar-refractivity contribution in [3.05, 3.63) is 61.1 Å². The second-order valence-corrected chi connectivity index (χ2v) is 6.17. The number of aliphatic hydroxyl groups is 1. The molecule has 4 aromatic rings.